The third-order valence-electron chi connectivity index (χ3n) is 4.30. The van der Waals surface area contributed by atoms with E-state index < -0.39 is 23.1 Å². The maximum Gasteiger partial charge on any atom is 0.431 e. The fourth-order valence-electron chi connectivity index (χ4n) is 2.94. The molecule has 0 atom stereocenters. The van der Waals surface area contributed by atoms with Crippen LogP contribution in [0.5, 0.6) is 0 Å². The van der Waals surface area contributed by atoms with Gasteiger partial charge in [0.05, 0.1) is 15.3 Å². The van der Waals surface area contributed by atoms with Crippen LogP contribution in [0.2, 0.25) is 0 Å². The van der Waals surface area contributed by atoms with Gasteiger partial charge in [0, 0.05) is 23.4 Å². The topological polar surface area (TPSA) is 56.9 Å². The van der Waals surface area contributed by atoms with E-state index in [0.29, 0.717) is 10.6 Å². The normalized spacial score (nSPS) is 12.0. The molecule has 0 aliphatic rings. The van der Waals surface area contributed by atoms with Gasteiger partial charge in [0.1, 0.15) is 11.4 Å². The Labute approximate surface area is 164 Å². The lowest BCUT2D eigenvalue weighted by atomic mass is 10.2. The van der Waals surface area contributed by atoms with Gasteiger partial charge in [0.2, 0.25) is 0 Å². The van der Waals surface area contributed by atoms with Crippen molar-refractivity contribution in [1.29, 1.82) is 0 Å². The SMILES string of the molecule is Cc1ccc(-c2nsc3ccc(-n4c(=O)cc(C(F)(F)F)n(C)c4=O)cc23)s1. The standard InChI is InChI=1S/C18H12F3N3O2S2/c1-9-3-5-13(27-9)16-11-7-10(4-6-12(11)28-22-16)24-15(25)8-14(18(19,20)21)23(2)17(24)26/h3-8H,1-2H3. The lowest BCUT2D eigenvalue weighted by molar-refractivity contribution is -0.144. The van der Waals surface area contributed by atoms with E-state index in [1.165, 1.54) is 17.6 Å². The first kappa shape index (κ1) is 18.6. The molecule has 3 heterocycles. The maximum absolute atomic E-state index is 13.0. The molecular weight excluding hydrogens is 411 g/mol. The Morgan fingerprint density at radius 2 is 1.82 bits per heavy atom. The first-order valence-electron chi connectivity index (χ1n) is 8.04. The van der Waals surface area contributed by atoms with Crippen LogP contribution in [0.25, 0.3) is 26.3 Å². The van der Waals surface area contributed by atoms with Crippen molar-refractivity contribution in [2.75, 3.05) is 0 Å². The molecule has 0 amide bonds. The molecule has 5 nitrogen and oxygen atoms in total. The van der Waals surface area contributed by atoms with Gasteiger partial charge in [0.25, 0.3) is 5.56 Å². The quantitative estimate of drug-likeness (QED) is 0.486. The van der Waals surface area contributed by atoms with E-state index in [1.807, 2.05) is 19.1 Å². The van der Waals surface area contributed by atoms with Crippen LogP contribution in [0.15, 0.2) is 46.0 Å². The van der Waals surface area contributed by atoms with Crippen molar-refractivity contribution in [3.63, 3.8) is 0 Å². The van der Waals surface area contributed by atoms with Crippen LogP contribution >= 0.6 is 22.9 Å². The Morgan fingerprint density at radius 3 is 2.46 bits per heavy atom. The van der Waals surface area contributed by atoms with Crippen LogP contribution in [-0.4, -0.2) is 13.5 Å². The number of rotatable bonds is 2. The van der Waals surface area contributed by atoms with Gasteiger partial charge in [0.15, 0.2) is 0 Å². The minimum Gasteiger partial charge on any atom is -0.292 e. The number of hydrogen-bond donors (Lipinski definition) is 0. The second-order valence-electron chi connectivity index (χ2n) is 6.16. The second-order valence-corrected chi connectivity index (χ2v) is 8.26. The van der Waals surface area contributed by atoms with Crippen LogP contribution in [0, 0.1) is 6.92 Å². The first-order valence-corrected chi connectivity index (χ1v) is 9.62. The van der Waals surface area contributed by atoms with Crippen LogP contribution in [-0.2, 0) is 13.2 Å². The zero-order chi connectivity index (χ0) is 20.2. The summed E-state index contributed by atoms with van der Waals surface area (Å²) in [6.07, 6.45) is -4.79. The molecule has 3 aromatic heterocycles. The maximum atomic E-state index is 13.0. The zero-order valence-electron chi connectivity index (χ0n) is 14.6. The van der Waals surface area contributed by atoms with Crippen molar-refractivity contribution >= 4 is 33.0 Å². The summed E-state index contributed by atoms with van der Waals surface area (Å²) >= 11 is 2.84. The molecule has 0 N–H and O–H groups in total. The predicted octanol–water partition coefficient (Wildman–Crippen LogP) is 4.20. The van der Waals surface area contributed by atoms with Crippen molar-refractivity contribution < 1.29 is 13.2 Å². The van der Waals surface area contributed by atoms with Gasteiger partial charge in [-0.05, 0) is 48.8 Å². The first-order chi connectivity index (χ1) is 13.2. The summed E-state index contributed by atoms with van der Waals surface area (Å²) in [4.78, 5) is 26.9. The molecule has 0 aliphatic heterocycles. The van der Waals surface area contributed by atoms with Crippen LogP contribution in [0.3, 0.4) is 0 Å². The van der Waals surface area contributed by atoms with E-state index in [0.717, 1.165) is 37.1 Å². The molecule has 0 fully saturated rings. The van der Waals surface area contributed by atoms with Crippen LogP contribution in [0.4, 0.5) is 13.2 Å². The molecule has 0 bridgehead atoms. The number of aromatic nitrogens is 3. The number of aryl methyl sites for hydroxylation is 1. The predicted molar refractivity (Wildman–Crippen MR) is 104 cm³/mol. The Morgan fingerprint density at radius 1 is 1.07 bits per heavy atom. The molecule has 28 heavy (non-hydrogen) atoms. The lowest BCUT2D eigenvalue weighted by Gasteiger charge is -2.14. The average Bonchev–Trinajstić information content (AvgIpc) is 3.22. The molecule has 1 aromatic carbocycles. The van der Waals surface area contributed by atoms with Gasteiger partial charge >= 0.3 is 11.9 Å². The molecule has 0 saturated heterocycles. The number of nitrogens with zero attached hydrogens (tertiary/aromatic N) is 3. The Hall–Kier alpha value is -2.72. The van der Waals surface area contributed by atoms with Crippen molar-refractivity contribution in [1.82, 2.24) is 13.5 Å². The molecule has 144 valence electrons. The summed E-state index contributed by atoms with van der Waals surface area (Å²) in [5.41, 5.74) is -2.47. The number of benzene rings is 1. The molecule has 0 aliphatic carbocycles. The Kier molecular flexibility index (Phi) is 4.27. The van der Waals surface area contributed by atoms with Gasteiger partial charge in [-0.2, -0.15) is 17.5 Å². The minimum atomic E-state index is -4.79. The largest absolute Gasteiger partial charge is 0.431 e. The van der Waals surface area contributed by atoms with Crippen molar-refractivity contribution in [2.45, 2.75) is 13.1 Å². The molecule has 10 heteroatoms. The summed E-state index contributed by atoms with van der Waals surface area (Å²) in [6.45, 7) is 1.97. The number of halogens is 3. The fraction of sp³-hybridized carbons (Fsp3) is 0.167. The highest BCUT2D eigenvalue weighted by molar-refractivity contribution is 7.17. The second kappa shape index (κ2) is 6.42. The van der Waals surface area contributed by atoms with Crippen molar-refractivity contribution in [3.8, 4) is 16.3 Å². The number of hydrogen-bond acceptors (Lipinski definition) is 5. The van der Waals surface area contributed by atoms with E-state index in [9.17, 15) is 22.8 Å². The fourth-order valence-corrected chi connectivity index (χ4v) is 4.64. The van der Waals surface area contributed by atoms with Crippen LogP contribution < -0.4 is 11.2 Å². The highest BCUT2D eigenvalue weighted by atomic mass is 32.1. The number of thiophene rings is 1. The molecule has 0 radical (unpaired) electrons. The molecule has 0 saturated carbocycles. The molecular formula is C18H12F3N3O2S2. The Balaban J connectivity index is 1.95. The smallest absolute Gasteiger partial charge is 0.292 e. The summed E-state index contributed by atoms with van der Waals surface area (Å²) in [7, 11) is 0.992. The van der Waals surface area contributed by atoms with E-state index in [2.05, 4.69) is 4.37 Å². The summed E-state index contributed by atoms with van der Waals surface area (Å²) in [5.74, 6) is 0. The molecule has 0 spiro atoms. The zero-order valence-corrected chi connectivity index (χ0v) is 16.2. The van der Waals surface area contributed by atoms with Crippen molar-refractivity contribution in [2.24, 2.45) is 7.05 Å². The van der Waals surface area contributed by atoms with E-state index >= 15 is 0 Å². The molecule has 0 unspecified atom stereocenters. The third-order valence-corrected chi connectivity index (χ3v) is 6.13. The van der Waals surface area contributed by atoms with Crippen molar-refractivity contribution in [3.05, 3.63) is 67.8 Å². The lowest BCUT2D eigenvalue weighted by Crippen LogP contribution is -2.40. The minimum absolute atomic E-state index is 0.196. The van der Waals surface area contributed by atoms with E-state index in [-0.39, 0.29) is 5.69 Å². The van der Waals surface area contributed by atoms with Gasteiger partial charge < -0.3 is 0 Å². The molecule has 4 aromatic rings. The highest BCUT2D eigenvalue weighted by Gasteiger charge is 2.35. The number of fused-ring (bicyclic) bond motifs is 1. The summed E-state index contributed by atoms with van der Waals surface area (Å²) in [5, 5.41) is 0.734. The van der Waals surface area contributed by atoms with E-state index in [4.69, 9.17) is 0 Å². The number of alkyl halides is 3. The van der Waals surface area contributed by atoms with Gasteiger partial charge in [-0.15, -0.1) is 11.3 Å². The summed E-state index contributed by atoms with van der Waals surface area (Å²) in [6, 6.07) is 9.17. The third kappa shape index (κ3) is 2.98. The Bertz CT molecular complexity index is 1330. The van der Waals surface area contributed by atoms with Gasteiger partial charge in [-0.3, -0.25) is 9.36 Å². The average molecular weight is 423 g/mol. The van der Waals surface area contributed by atoms with Gasteiger partial charge in [-0.1, -0.05) is 0 Å². The van der Waals surface area contributed by atoms with Crippen LogP contribution in [0.1, 0.15) is 10.6 Å². The highest BCUT2D eigenvalue weighted by Crippen LogP contribution is 2.35. The monoisotopic (exact) mass is 423 g/mol. The molecule has 4 rings (SSSR count). The van der Waals surface area contributed by atoms with E-state index in [1.54, 1.807) is 23.5 Å². The summed E-state index contributed by atoms with van der Waals surface area (Å²) < 4.78 is 45.6. The van der Waals surface area contributed by atoms with Gasteiger partial charge in [-0.25, -0.2) is 9.36 Å².